The number of aryl methyl sites for hydroxylation is 1. The number of aromatic nitrogens is 1. The Kier molecular flexibility index (Phi) is 3.03. The lowest BCUT2D eigenvalue weighted by atomic mass is 10.3. The van der Waals surface area contributed by atoms with Crippen LogP contribution in [0.3, 0.4) is 0 Å². The Labute approximate surface area is 103 Å². The lowest BCUT2D eigenvalue weighted by Crippen LogP contribution is -2.12. The second-order valence-corrected chi connectivity index (χ2v) is 6.35. The zero-order chi connectivity index (χ0) is 12.5. The summed E-state index contributed by atoms with van der Waals surface area (Å²) in [6.07, 6.45) is 1.60. The van der Waals surface area contributed by atoms with E-state index in [1.54, 1.807) is 23.7 Å². The van der Waals surface area contributed by atoms with Gasteiger partial charge in [0.05, 0.1) is 0 Å². The van der Waals surface area contributed by atoms with Crippen molar-refractivity contribution in [3.05, 3.63) is 35.3 Å². The van der Waals surface area contributed by atoms with Gasteiger partial charge in [0.25, 0.3) is 10.0 Å². The molecule has 0 aliphatic rings. The first-order valence-electron chi connectivity index (χ1n) is 4.77. The van der Waals surface area contributed by atoms with E-state index in [0.717, 1.165) is 16.9 Å². The normalized spacial score (nSPS) is 11.4. The highest BCUT2D eigenvalue weighted by molar-refractivity contribution is 7.94. The van der Waals surface area contributed by atoms with E-state index in [0.29, 0.717) is 11.5 Å². The van der Waals surface area contributed by atoms with Gasteiger partial charge in [0.15, 0.2) is 0 Å². The number of nitrogens with two attached hydrogens (primary N) is 1. The molecule has 2 aromatic heterocycles. The van der Waals surface area contributed by atoms with Gasteiger partial charge in [0, 0.05) is 17.3 Å². The van der Waals surface area contributed by atoms with Crippen LogP contribution in [0.15, 0.2) is 34.0 Å². The third kappa shape index (κ3) is 2.75. The molecule has 7 heteroatoms. The Morgan fingerprint density at radius 1 is 1.41 bits per heavy atom. The lowest BCUT2D eigenvalue weighted by molar-refractivity contribution is 0.603. The molecule has 2 aromatic rings. The van der Waals surface area contributed by atoms with Crippen LogP contribution >= 0.6 is 11.3 Å². The van der Waals surface area contributed by atoms with E-state index < -0.39 is 10.0 Å². The Balaban J connectivity index is 2.26. The molecule has 90 valence electrons. The highest BCUT2D eigenvalue weighted by atomic mass is 32.2. The molecule has 3 N–H and O–H groups in total. The number of anilines is 2. The Hall–Kier alpha value is -1.60. The van der Waals surface area contributed by atoms with Gasteiger partial charge in [-0.25, -0.2) is 13.4 Å². The molecule has 0 fully saturated rings. The quantitative estimate of drug-likeness (QED) is 0.890. The molecule has 17 heavy (non-hydrogen) atoms. The van der Waals surface area contributed by atoms with E-state index >= 15 is 0 Å². The van der Waals surface area contributed by atoms with Gasteiger partial charge in [0.1, 0.15) is 10.0 Å². The van der Waals surface area contributed by atoms with Gasteiger partial charge in [-0.3, -0.25) is 4.72 Å². The summed E-state index contributed by atoms with van der Waals surface area (Å²) in [7, 11) is -3.58. The van der Waals surface area contributed by atoms with Gasteiger partial charge >= 0.3 is 0 Å². The second kappa shape index (κ2) is 4.34. The average molecular weight is 269 g/mol. The summed E-state index contributed by atoms with van der Waals surface area (Å²) >= 11 is 1.08. The van der Waals surface area contributed by atoms with Gasteiger partial charge in [0.2, 0.25) is 0 Å². The standard InChI is InChI=1S/C10H11N3O2S2/c1-7-2-3-9(12-5-7)13-17(14,15)10-4-8(11)6-16-10/h2-6H,11H2,1H3,(H,12,13). The van der Waals surface area contributed by atoms with Gasteiger partial charge in [-0.15, -0.1) is 11.3 Å². The second-order valence-electron chi connectivity index (χ2n) is 3.53. The summed E-state index contributed by atoms with van der Waals surface area (Å²) in [5, 5.41) is 1.58. The average Bonchev–Trinajstić information content (AvgIpc) is 2.69. The van der Waals surface area contributed by atoms with Crippen LogP contribution in [0.4, 0.5) is 11.5 Å². The van der Waals surface area contributed by atoms with Gasteiger partial charge < -0.3 is 5.73 Å². The van der Waals surface area contributed by atoms with E-state index in [2.05, 4.69) is 9.71 Å². The van der Waals surface area contributed by atoms with Crippen LogP contribution in [0.2, 0.25) is 0 Å². The van der Waals surface area contributed by atoms with E-state index in [9.17, 15) is 8.42 Å². The fourth-order valence-electron chi connectivity index (χ4n) is 1.19. The molecule has 0 spiro atoms. The summed E-state index contributed by atoms with van der Waals surface area (Å²) < 4.78 is 26.4. The number of nitrogens with one attached hydrogen (secondary N) is 1. The minimum Gasteiger partial charge on any atom is -0.398 e. The molecule has 2 heterocycles. The molecule has 0 aromatic carbocycles. The Morgan fingerprint density at radius 3 is 2.71 bits per heavy atom. The smallest absolute Gasteiger partial charge is 0.272 e. The minimum atomic E-state index is -3.58. The first-order valence-corrected chi connectivity index (χ1v) is 7.13. The van der Waals surface area contributed by atoms with Crippen LogP contribution in [0.1, 0.15) is 5.56 Å². The number of sulfonamides is 1. The fourth-order valence-corrected chi connectivity index (χ4v) is 3.28. The van der Waals surface area contributed by atoms with Crippen LogP contribution in [0, 0.1) is 6.92 Å². The van der Waals surface area contributed by atoms with Crippen LogP contribution in [-0.4, -0.2) is 13.4 Å². The molecule has 0 atom stereocenters. The molecule has 2 rings (SSSR count). The fraction of sp³-hybridized carbons (Fsp3) is 0.100. The summed E-state index contributed by atoms with van der Waals surface area (Å²) in [4.78, 5) is 3.98. The number of thiophene rings is 1. The van der Waals surface area contributed by atoms with Gasteiger partial charge in [-0.2, -0.15) is 0 Å². The zero-order valence-electron chi connectivity index (χ0n) is 9.04. The highest BCUT2D eigenvalue weighted by Crippen LogP contribution is 2.23. The predicted molar refractivity (Wildman–Crippen MR) is 68.5 cm³/mol. The highest BCUT2D eigenvalue weighted by Gasteiger charge is 2.16. The first kappa shape index (κ1) is 11.9. The largest absolute Gasteiger partial charge is 0.398 e. The van der Waals surface area contributed by atoms with E-state index in [1.165, 1.54) is 6.07 Å². The van der Waals surface area contributed by atoms with Crippen molar-refractivity contribution < 1.29 is 8.42 Å². The number of pyridine rings is 1. The molecule has 0 bridgehead atoms. The SMILES string of the molecule is Cc1ccc(NS(=O)(=O)c2cc(N)cs2)nc1. The van der Waals surface area contributed by atoms with Crippen molar-refractivity contribution in [2.75, 3.05) is 10.5 Å². The summed E-state index contributed by atoms with van der Waals surface area (Å²) in [5.74, 6) is 0.294. The van der Waals surface area contributed by atoms with Crippen LogP contribution in [0.25, 0.3) is 0 Å². The minimum absolute atomic E-state index is 0.178. The summed E-state index contributed by atoms with van der Waals surface area (Å²) in [5.41, 5.74) is 6.89. The maximum atomic E-state index is 11.9. The molecular formula is C10H11N3O2S2. The maximum Gasteiger partial charge on any atom is 0.272 e. The van der Waals surface area contributed by atoms with Crippen LogP contribution < -0.4 is 10.5 Å². The topological polar surface area (TPSA) is 85.1 Å². The lowest BCUT2D eigenvalue weighted by Gasteiger charge is -2.04. The third-order valence-electron chi connectivity index (χ3n) is 2.01. The number of rotatable bonds is 3. The number of nitrogens with zero attached hydrogens (tertiary/aromatic N) is 1. The molecule has 0 aliphatic heterocycles. The molecular weight excluding hydrogens is 258 g/mol. The number of nitrogen functional groups attached to an aromatic ring is 1. The molecule has 0 aliphatic carbocycles. The van der Waals surface area contributed by atoms with Crippen molar-refractivity contribution in [2.45, 2.75) is 11.1 Å². The third-order valence-corrected chi connectivity index (χ3v) is 4.82. The summed E-state index contributed by atoms with van der Waals surface area (Å²) in [6, 6.07) is 4.82. The Bertz CT molecular complexity index is 617. The molecule has 0 radical (unpaired) electrons. The van der Waals surface area contributed by atoms with Crippen molar-refractivity contribution in [2.24, 2.45) is 0 Å². The van der Waals surface area contributed by atoms with Gasteiger partial charge in [-0.05, 0) is 24.6 Å². The van der Waals surface area contributed by atoms with E-state index in [4.69, 9.17) is 5.73 Å². The first-order chi connectivity index (χ1) is 7.97. The van der Waals surface area contributed by atoms with Gasteiger partial charge in [-0.1, -0.05) is 6.07 Å². The van der Waals surface area contributed by atoms with Crippen molar-refractivity contribution in [1.82, 2.24) is 4.98 Å². The Morgan fingerprint density at radius 2 is 2.18 bits per heavy atom. The molecule has 0 saturated heterocycles. The molecule has 0 amide bonds. The van der Waals surface area contributed by atoms with Crippen LogP contribution in [0.5, 0.6) is 0 Å². The van der Waals surface area contributed by atoms with Crippen molar-refractivity contribution in [3.8, 4) is 0 Å². The molecule has 5 nitrogen and oxygen atoms in total. The van der Waals surface area contributed by atoms with Crippen molar-refractivity contribution in [1.29, 1.82) is 0 Å². The van der Waals surface area contributed by atoms with E-state index in [1.807, 2.05) is 6.92 Å². The van der Waals surface area contributed by atoms with E-state index in [-0.39, 0.29) is 4.21 Å². The molecule has 0 unspecified atom stereocenters. The zero-order valence-corrected chi connectivity index (χ0v) is 10.7. The predicted octanol–water partition coefficient (Wildman–Crippen LogP) is 1.83. The number of hydrogen-bond donors (Lipinski definition) is 2. The summed E-state index contributed by atoms with van der Waals surface area (Å²) in [6.45, 7) is 1.88. The maximum absolute atomic E-state index is 11.9. The van der Waals surface area contributed by atoms with Crippen molar-refractivity contribution in [3.63, 3.8) is 0 Å². The number of hydrogen-bond acceptors (Lipinski definition) is 5. The van der Waals surface area contributed by atoms with Crippen LogP contribution in [-0.2, 0) is 10.0 Å². The van der Waals surface area contributed by atoms with Crippen molar-refractivity contribution >= 4 is 32.9 Å². The molecule has 0 saturated carbocycles. The monoisotopic (exact) mass is 269 g/mol.